The molecule has 1 aliphatic heterocycles. The Balaban J connectivity index is 1.83. The molecule has 1 unspecified atom stereocenters. The van der Waals surface area contributed by atoms with Crippen LogP contribution >= 0.6 is 0 Å². The second kappa shape index (κ2) is 5.78. The molecule has 3 aromatic carbocycles. The van der Waals surface area contributed by atoms with Crippen LogP contribution in [0.1, 0.15) is 32.7 Å². The van der Waals surface area contributed by atoms with Gasteiger partial charge in [0.1, 0.15) is 5.69 Å². The smallest absolute Gasteiger partial charge is 0.362 e. The summed E-state index contributed by atoms with van der Waals surface area (Å²) >= 11 is 0. The van der Waals surface area contributed by atoms with Crippen molar-refractivity contribution in [2.45, 2.75) is 11.9 Å². The lowest BCUT2D eigenvalue weighted by atomic mass is 9.84. The molecular weight excluding hydrogens is 381 g/mol. The van der Waals surface area contributed by atoms with E-state index < -0.39 is 17.5 Å². The first kappa shape index (κ1) is 17.6. The Labute approximate surface area is 162 Å². The van der Waals surface area contributed by atoms with Gasteiger partial charge in [0.15, 0.2) is 0 Å². The highest BCUT2D eigenvalue weighted by molar-refractivity contribution is 6.17. The van der Waals surface area contributed by atoms with Gasteiger partial charge in [0.25, 0.3) is 0 Å². The van der Waals surface area contributed by atoms with Crippen LogP contribution in [0.4, 0.5) is 13.2 Å². The number of hydrogen-bond donors (Lipinski definition) is 1. The molecule has 1 N–H and O–H groups in total. The number of nitrogens with zero attached hydrogens (tertiary/aromatic N) is 2. The summed E-state index contributed by atoms with van der Waals surface area (Å²) in [5.41, 5.74) is -1.31. The van der Waals surface area contributed by atoms with E-state index in [1.165, 1.54) is 16.8 Å². The van der Waals surface area contributed by atoms with Crippen molar-refractivity contribution in [1.82, 2.24) is 9.78 Å². The molecule has 2 heterocycles. The average molecular weight is 394 g/mol. The van der Waals surface area contributed by atoms with Crippen molar-refractivity contribution in [3.05, 3.63) is 101 Å². The number of hydrogen-bond acceptors (Lipinski definition) is 3. The van der Waals surface area contributed by atoms with Gasteiger partial charge in [-0.2, -0.15) is 18.3 Å². The van der Waals surface area contributed by atoms with Crippen LogP contribution in [0.3, 0.4) is 0 Å². The minimum Gasteiger partial charge on any atom is -0.362 e. The van der Waals surface area contributed by atoms with Crippen molar-refractivity contribution >= 4 is 16.7 Å². The highest BCUT2D eigenvalue weighted by Gasteiger charge is 2.45. The fourth-order valence-electron chi connectivity index (χ4n) is 3.88. The molecule has 0 fully saturated rings. The van der Waals surface area contributed by atoms with Gasteiger partial charge in [0.2, 0.25) is 11.5 Å². The monoisotopic (exact) mass is 394 g/mol. The van der Waals surface area contributed by atoms with Gasteiger partial charge in [-0.3, -0.25) is 4.79 Å². The molecule has 7 heteroatoms. The third-order valence-corrected chi connectivity index (χ3v) is 5.26. The predicted octanol–water partition coefficient (Wildman–Crippen LogP) is 4.34. The second-order valence-electron chi connectivity index (χ2n) is 6.90. The zero-order valence-electron chi connectivity index (χ0n) is 14.8. The summed E-state index contributed by atoms with van der Waals surface area (Å²) in [7, 11) is 0. The van der Waals surface area contributed by atoms with Crippen molar-refractivity contribution in [3.63, 3.8) is 0 Å². The Morgan fingerprint density at radius 2 is 1.55 bits per heavy atom. The van der Waals surface area contributed by atoms with Gasteiger partial charge in [0, 0.05) is 22.1 Å². The number of alkyl halides is 3. The number of fused-ring (bicyclic) bond motifs is 4. The number of rotatable bonds is 1. The Hall–Kier alpha value is -3.45. The van der Waals surface area contributed by atoms with Crippen LogP contribution in [-0.2, 0) is 11.9 Å². The van der Waals surface area contributed by atoms with Crippen molar-refractivity contribution in [2.24, 2.45) is 0 Å². The van der Waals surface area contributed by atoms with Gasteiger partial charge in [-0.05, 0) is 18.2 Å². The Kier molecular flexibility index (Phi) is 3.51. The molecular formula is C22H13F3N2O2. The molecule has 0 amide bonds. The van der Waals surface area contributed by atoms with Gasteiger partial charge in [-0.1, -0.05) is 54.6 Å². The molecule has 1 atom stereocenters. The Morgan fingerprint density at radius 3 is 2.28 bits per heavy atom. The van der Waals surface area contributed by atoms with Crippen LogP contribution in [0.15, 0.2) is 72.8 Å². The molecule has 29 heavy (non-hydrogen) atoms. The van der Waals surface area contributed by atoms with Crippen LogP contribution in [0.25, 0.3) is 10.9 Å². The number of aliphatic hydroxyl groups is 1. The topological polar surface area (TPSA) is 55.1 Å². The molecule has 4 aromatic rings. The van der Waals surface area contributed by atoms with E-state index in [4.69, 9.17) is 0 Å². The molecule has 0 saturated carbocycles. The van der Waals surface area contributed by atoms with E-state index in [9.17, 15) is 23.1 Å². The van der Waals surface area contributed by atoms with E-state index in [-0.39, 0.29) is 28.2 Å². The van der Waals surface area contributed by atoms with Crippen LogP contribution in [0, 0.1) is 0 Å². The average Bonchev–Trinajstić information content (AvgIpc) is 3.12. The third kappa shape index (κ3) is 2.37. The first-order valence-corrected chi connectivity index (χ1v) is 8.84. The number of halogens is 3. The van der Waals surface area contributed by atoms with E-state index in [1.54, 1.807) is 48.5 Å². The highest BCUT2D eigenvalue weighted by atomic mass is 19.4. The normalized spacial score (nSPS) is 18.6. The first-order valence-electron chi connectivity index (χ1n) is 8.84. The summed E-state index contributed by atoms with van der Waals surface area (Å²) in [5.74, 6) is -0.300. The van der Waals surface area contributed by atoms with Crippen molar-refractivity contribution < 1.29 is 23.1 Å². The number of carbonyl (C=O) groups excluding carboxylic acids is 1. The minimum absolute atomic E-state index is 0.180. The van der Waals surface area contributed by atoms with Gasteiger partial charge in [-0.15, -0.1) is 0 Å². The van der Waals surface area contributed by atoms with E-state index in [0.29, 0.717) is 10.9 Å². The molecule has 144 valence electrons. The quantitative estimate of drug-likeness (QED) is 0.523. The Bertz CT molecular complexity index is 1280. The largest absolute Gasteiger partial charge is 0.416 e. The summed E-state index contributed by atoms with van der Waals surface area (Å²) in [6.45, 7) is 0. The van der Waals surface area contributed by atoms with E-state index in [1.807, 2.05) is 0 Å². The molecule has 0 radical (unpaired) electrons. The number of benzene rings is 3. The van der Waals surface area contributed by atoms with E-state index in [0.717, 1.165) is 12.1 Å². The number of ketones is 1. The second-order valence-corrected chi connectivity index (χ2v) is 6.90. The van der Waals surface area contributed by atoms with E-state index >= 15 is 0 Å². The summed E-state index contributed by atoms with van der Waals surface area (Å²) in [6, 6.07) is 17.7. The van der Waals surface area contributed by atoms with Crippen molar-refractivity contribution in [2.75, 3.05) is 0 Å². The maximum Gasteiger partial charge on any atom is 0.416 e. The van der Waals surface area contributed by atoms with Gasteiger partial charge in [-0.25, -0.2) is 4.68 Å². The predicted molar refractivity (Wildman–Crippen MR) is 99.4 cm³/mol. The lowest BCUT2D eigenvalue weighted by Crippen LogP contribution is -2.43. The molecule has 0 bridgehead atoms. The molecule has 0 aliphatic carbocycles. The number of aromatic nitrogens is 2. The third-order valence-electron chi connectivity index (χ3n) is 5.26. The standard InChI is InChI=1S/C22H13F3N2O2/c23-22(24,25)14-11-9-13(10-12-14)21(29)17-7-3-1-5-15(17)20(28)19-16-6-2-4-8-18(16)26-27(19)21/h1-12,29H. The van der Waals surface area contributed by atoms with E-state index in [2.05, 4.69) is 5.10 Å². The first-order chi connectivity index (χ1) is 13.8. The van der Waals surface area contributed by atoms with Crippen LogP contribution < -0.4 is 0 Å². The van der Waals surface area contributed by atoms with Gasteiger partial charge >= 0.3 is 6.18 Å². The Morgan fingerprint density at radius 1 is 0.897 bits per heavy atom. The van der Waals surface area contributed by atoms with Crippen LogP contribution in [-0.4, -0.2) is 20.7 Å². The highest BCUT2D eigenvalue weighted by Crippen LogP contribution is 2.42. The van der Waals surface area contributed by atoms with Crippen molar-refractivity contribution in [3.8, 4) is 0 Å². The molecule has 1 aliphatic rings. The molecule has 0 spiro atoms. The summed E-state index contributed by atoms with van der Waals surface area (Å²) < 4.78 is 40.2. The maximum absolute atomic E-state index is 13.2. The lowest BCUT2D eigenvalue weighted by molar-refractivity contribution is -0.137. The van der Waals surface area contributed by atoms with Crippen molar-refractivity contribution in [1.29, 1.82) is 0 Å². The lowest BCUT2D eigenvalue weighted by Gasteiger charge is -2.35. The summed E-state index contributed by atoms with van der Waals surface area (Å²) in [6.07, 6.45) is -4.49. The van der Waals surface area contributed by atoms with Crippen LogP contribution in [0.2, 0.25) is 0 Å². The molecule has 5 rings (SSSR count). The zero-order valence-corrected chi connectivity index (χ0v) is 14.8. The molecule has 1 aromatic heterocycles. The summed E-state index contributed by atoms with van der Waals surface area (Å²) in [5, 5.41) is 16.8. The summed E-state index contributed by atoms with van der Waals surface area (Å²) in [4.78, 5) is 13.2. The molecule has 4 nitrogen and oxygen atoms in total. The van der Waals surface area contributed by atoms with Crippen LogP contribution in [0.5, 0.6) is 0 Å². The maximum atomic E-state index is 13.2. The van der Waals surface area contributed by atoms with Gasteiger partial charge < -0.3 is 5.11 Å². The fourth-order valence-corrected chi connectivity index (χ4v) is 3.88. The fraction of sp³-hybridized carbons (Fsp3) is 0.0909. The number of carbonyl (C=O) groups is 1. The molecule has 0 saturated heterocycles. The van der Waals surface area contributed by atoms with Gasteiger partial charge in [0.05, 0.1) is 11.1 Å². The minimum atomic E-state index is -4.49. The SMILES string of the molecule is O=C1c2ccccc2C(O)(c2ccc(C(F)(F)F)cc2)n2nc3ccccc3c21. The zero-order chi connectivity index (χ0) is 20.4.